The van der Waals surface area contributed by atoms with E-state index in [9.17, 15) is 5.11 Å². The zero-order valence-corrected chi connectivity index (χ0v) is 11.7. The number of benzene rings is 1. The molecule has 0 aliphatic carbocycles. The smallest absolute Gasteiger partial charge is 0.0873 e. The second kappa shape index (κ2) is 4.25. The van der Waals surface area contributed by atoms with E-state index in [0.29, 0.717) is 0 Å². The van der Waals surface area contributed by atoms with Crippen molar-refractivity contribution in [3.63, 3.8) is 0 Å². The first-order valence-electron chi connectivity index (χ1n) is 6.15. The fraction of sp³-hybridized carbons (Fsp3) is 0.400. The summed E-state index contributed by atoms with van der Waals surface area (Å²) in [5.41, 5.74) is 4.45. The van der Waals surface area contributed by atoms with Crippen LogP contribution < -0.4 is 0 Å². The molecule has 2 aromatic rings. The molecule has 0 saturated heterocycles. The zero-order chi connectivity index (χ0) is 13.5. The van der Waals surface area contributed by atoms with Gasteiger partial charge in [-0.3, -0.25) is 0 Å². The van der Waals surface area contributed by atoms with Crippen LogP contribution in [-0.4, -0.2) is 14.9 Å². The quantitative estimate of drug-likeness (QED) is 0.881. The second-order valence-corrected chi connectivity index (χ2v) is 5.46. The van der Waals surface area contributed by atoms with Gasteiger partial charge in [0, 0.05) is 11.3 Å². The Balaban J connectivity index is 2.56. The van der Waals surface area contributed by atoms with Crippen molar-refractivity contribution in [3.05, 3.63) is 46.8 Å². The van der Waals surface area contributed by atoms with Gasteiger partial charge in [0.1, 0.15) is 0 Å². The summed E-state index contributed by atoms with van der Waals surface area (Å²) in [7, 11) is 0. The maximum absolute atomic E-state index is 10.1. The molecule has 0 aliphatic rings. The van der Waals surface area contributed by atoms with Crippen LogP contribution in [0.1, 0.15) is 36.2 Å². The molecule has 2 rings (SSSR count). The third-order valence-corrected chi connectivity index (χ3v) is 3.12. The third kappa shape index (κ3) is 2.31. The Bertz CT molecular complexity index is 556. The molecule has 0 bridgehead atoms. The van der Waals surface area contributed by atoms with Crippen molar-refractivity contribution in [1.29, 1.82) is 0 Å². The molecule has 0 amide bonds. The molecular weight excluding hydrogens is 224 g/mol. The molecule has 3 nitrogen and oxygen atoms in total. The van der Waals surface area contributed by atoms with Crippen molar-refractivity contribution in [2.45, 2.75) is 40.2 Å². The van der Waals surface area contributed by atoms with E-state index in [4.69, 9.17) is 0 Å². The van der Waals surface area contributed by atoms with E-state index in [-0.39, 0.29) is 0 Å². The number of nitrogens with zero attached hydrogens (tertiary/aromatic N) is 2. The number of hydrogen-bond donors (Lipinski definition) is 1. The van der Waals surface area contributed by atoms with Gasteiger partial charge in [-0.05, 0) is 57.9 Å². The monoisotopic (exact) mass is 244 g/mol. The minimum absolute atomic E-state index is 0.860. The van der Waals surface area contributed by atoms with Crippen molar-refractivity contribution in [3.8, 4) is 5.69 Å². The lowest BCUT2D eigenvalue weighted by molar-refractivity contribution is 0.0779. The van der Waals surface area contributed by atoms with Crippen molar-refractivity contribution in [1.82, 2.24) is 9.78 Å². The summed E-state index contributed by atoms with van der Waals surface area (Å²) < 4.78 is 1.88. The molecule has 3 heteroatoms. The first-order valence-corrected chi connectivity index (χ1v) is 6.15. The second-order valence-electron chi connectivity index (χ2n) is 5.46. The van der Waals surface area contributed by atoms with E-state index >= 15 is 0 Å². The summed E-state index contributed by atoms with van der Waals surface area (Å²) in [6, 6.07) is 6.33. The summed E-state index contributed by atoms with van der Waals surface area (Å²) >= 11 is 0. The van der Waals surface area contributed by atoms with Crippen LogP contribution in [0, 0.1) is 20.8 Å². The van der Waals surface area contributed by atoms with E-state index in [2.05, 4.69) is 37.1 Å². The van der Waals surface area contributed by atoms with Crippen LogP contribution >= 0.6 is 0 Å². The lowest BCUT2D eigenvalue weighted by Gasteiger charge is -2.17. The summed E-state index contributed by atoms with van der Waals surface area (Å²) in [5.74, 6) is 0. The van der Waals surface area contributed by atoms with E-state index < -0.39 is 5.60 Å². The van der Waals surface area contributed by atoms with Crippen LogP contribution in [0.5, 0.6) is 0 Å². The maximum atomic E-state index is 10.1. The van der Waals surface area contributed by atoms with Gasteiger partial charge in [-0.1, -0.05) is 6.07 Å². The van der Waals surface area contributed by atoms with Gasteiger partial charge in [-0.15, -0.1) is 0 Å². The van der Waals surface area contributed by atoms with Crippen LogP contribution in [0.15, 0.2) is 24.4 Å². The Morgan fingerprint density at radius 3 is 2.06 bits per heavy atom. The van der Waals surface area contributed by atoms with Gasteiger partial charge >= 0.3 is 0 Å². The topological polar surface area (TPSA) is 38.0 Å². The molecular formula is C15H20N2O. The lowest BCUT2D eigenvalue weighted by atomic mass is 9.99. The Morgan fingerprint density at radius 1 is 1.06 bits per heavy atom. The van der Waals surface area contributed by atoms with Gasteiger partial charge in [0.25, 0.3) is 0 Å². The first-order chi connectivity index (χ1) is 8.29. The van der Waals surface area contributed by atoms with E-state index in [1.807, 2.05) is 11.6 Å². The average Bonchev–Trinajstić information content (AvgIpc) is 2.57. The zero-order valence-electron chi connectivity index (χ0n) is 11.7. The maximum Gasteiger partial charge on any atom is 0.0873 e. The van der Waals surface area contributed by atoms with Gasteiger partial charge in [-0.25, -0.2) is 4.68 Å². The molecule has 96 valence electrons. The Labute approximate surface area is 108 Å². The molecule has 0 spiro atoms. The summed E-state index contributed by atoms with van der Waals surface area (Å²) in [6.07, 6.45) is 1.74. The number of aliphatic hydroxyl groups is 1. The number of aryl methyl sites for hydroxylation is 2. The van der Waals surface area contributed by atoms with Gasteiger partial charge in [0.05, 0.1) is 17.5 Å². The predicted octanol–water partition coefficient (Wildman–Crippen LogP) is 3.02. The Hall–Kier alpha value is -1.61. The third-order valence-electron chi connectivity index (χ3n) is 3.12. The van der Waals surface area contributed by atoms with E-state index in [0.717, 1.165) is 16.9 Å². The standard InChI is InChI=1S/C15H20N2O/c1-10-6-11(2)8-13(7-10)17-12(3)14(9-16-17)15(4,5)18/h6-9,18H,1-5H3. The SMILES string of the molecule is Cc1cc(C)cc(-n2ncc(C(C)(C)O)c2C)c1. The molecule has 1 heterocycles. The normalized spacial score (nSPS) is 11.9. The minimum atomic E-state index is -0.860. The van der Waals surface area contributed by atoms with Gasteiger partial charge in [0.2, 0.25) is 0 Å². The van der Waals surface area contributed by atoms with Crippen LogP contribution in [0.4, 0.5) is 0 Å². The summed E-state index contributed by atoms with van der Waals surface area (Å²) in [5, 5.41) is 14.5. The number of hydrogen-bond acceptors (Lipinski definition) is 2. The number of rotatable bonds is 2. The van der Waals surface area contributed by atoms with Crippen molar-refractivity contribution in [2.75, 3.05) is 0 Å². The molecule has 18 heavy (non-hydrogen) atoms. The van der Waals surface area contributed by atoms with Gasteiger partial charge in [-0.2, -0.15) is 5.10 Å². The van der Waals surface area contributed by atoms with E-state index in [1.165, 1.54) is 11.1 Å². The molecule has 0 radical (unpaired) electrons. The van der Waals surface area contributed by atoms with Crippen LogP contribution in [0.3, 0.4) is 0 Å². The molecule has 0 atom stereocenters. The summed E-state index contributed by atoms with van der Waals surface area (Å²) in [6.45, 7) is 9.70. The molecule has 0 saturated carbocycles. The van der Waals surface area contributed by atoms with Gasteiger partial charge in [0.15, 0.2) is 0 Å². The molecule has 1 N–H and O–H groups in total. The lowest BCUT2D eigenvalue weighted by Crippen LogP contribution is -2.16. The van der Waals surface area contributed by atoms with Crippen molar-refractivity contribution < 1.29 is 5.11 Å². The van der Waals surface area contributed by atoms with E-state index in [1.54, 1.807) is 20.0 Å². The highest BCUT2D eigenvalue weighted by molar-refractivity contribution is 5.41. The van der Waals surface area contributed by atoms with Crippen molar-refractivity contribution in [2.24, 2.45) is 0 Å². The summed E-state index contributed by atoms with van der Waals surface area (Å²) in [4.78, 5) is 0. The highest BCUT2D eigenvalue weighted by Gasteiger charge is 2.22. The van der Waals surface area contributed by atoms with Crippen LogP contribution in [0.2, 0.25) is 0 Å². The first kappa shape index (κ1) is 12.8. The predicted molar refractivity (Wildman–Crippen MR) is 73.0 cm³/mol. The average molecular weight is 244 g/mol. The fourth-order valence-corrected chi connectivity index (χ4v) is 2.34. The Kier molecular flexibility index (Phi) is 3.03. The largest absolute Gasteiger partial charge is 0.386 e. The molecule has 0 unspecified atom stereocenters. The highest BCUT2D eigenvalue weighted by Crippen LogP contribution is 2.25. The number of aromatic nitrogens is 2. The Morgan fingerprint density at radius 2 is 1.61 bits per heavy atom. The van der Waals surface area contributed by atoms with Crippen LogP contribution in [0.25, 0.3) is 5.69 Å². The molecule has 1 aromatic carbocycles. The molecule has 0 aliphatic heterocycles. The van der Waals surface area contributed by atoms with Crippen LogP contribution in [-0.2, 0) is 5.60 Å². The minimum Gasteiger partial charge on any atom is -0.386 e. The molecule has 0 fully saturated rings. The molecule has 1 aromatic heterocycles. The highest BCUT2D eigenvalue weighted by atomic mass is 16.3. The van der Waals surface area contributed by atoms with Gasteiger partial charge < -0.3 is 5.11 Å². The van der Waals surface area contributed by atoms with Crippen molar-refractivity contribution >= 4 is 0 Å². The fourth-order valence-electron chi connectivity index (χ4n) is 2.34.